The second kappa shape index (κ2) is 8.81. The summed E-state index contributed by atoms with van der Waals surface area (Å²) in [5.74, 6) is -0.422. The van der Waals surface area contributed by atoms with Gasteiger partial charge < -0.3 is 10.0 Å². The lowest BCUT2D eigenvalue weighted by Gasteiger charge is -2.33. The average molecular weight is 373 g/mol. The molecule has 0 saturated heterocycles. The van der Waals surface area contributed by atoms with Gasteiger partial charge in [-0.15, -0.1) is 0 Å². The maximum atomic E-state index is 13.1. The molecule has 2 rings (SSSR count). The van der Waals surface area contributed by atoms with E-state index in [0.717, 1.165) is 16.6 Å². The number of nitrogens with zero attached hydrogens (tertiary/aromatic N) is 2. The highest BCUT2D eigenvalue weighted by atomic mass is 16.3. The summed E-state index contributed by atoms with van der Waals surface area (Å²) < 4.78 is 1.14. The van der Waals surface area contributed by atoms with E-state index in [4.69, 9.17) is 5.11 Å². The SMILES string of the molecule is CCCN(CC(C)(C)c1ccccc1)C(=O)c1cn(CCO)c(=O)[nH]c1=O. The fourth-order valence-electron chi connectivity index (χ4n) is 3.09. The summed E-state index contributed by atoms with van der Waals surface area (Å²) in [6.45, 7) is 6.74. The first-order chi connectivity index (χ1) is 12.8. The number of hydrogen-bond donors (Lipinski definition) is 2. The normalized spacial score (nSPS) is 11.4. The fourth-order valence-corrected chi connectivity index (χ4v) is 3.09. The van der Waals surface area contributed by atoms with Gasteiger partial charge in [-0.25, -0.2) is 4.79 Å². The average Bonchev–Trinajstić information content (AvgIpc) is 2.64. The third kappa shape index (κ3) is 4.95. The van der Waals surface area contributed by atoms with Crippen molar-refractivity contribution >= 4 is 5.91 Å². The van der Waals surface area contributed by atoms with Gasteiger partial charge in [-0.1, -0.05) is 51.1 Å². The second-order valence-corrected chi connectivity index (χ2v) is 7.20. The van der Waals surface area contributed by atoms with Gasteiger partial charge in [-0.3, -0.25) is 19.1 Å². The van der Waals surface area contributed by atoms with Crippen LogP contribution in [0.3, 0.4) is 0 Å². The van der Waals surface area contributed by atoms with Gasteiger partial charge in [0.2, 0.25) is 0 Å². The van der Waals surface area contributed by atoms with Gasteiger partial charge >= 0.3 is 5.69 Å². The van der Waals surface area contributed by atoms with E-state index in [2.05, 4.69) is 18.8 Å². The van der Waals surface area contributed by atoms with Crippen molar-refractivity contribution in [3.63, 3.8) is 0 Å². The summed E-state index contributed by atoms with van der Waals surface area (Å²) in [7, 11) is 0. The number of carbonyl (C=O) groups excluding carboxylic acids is 1. The number of carbonyl (C=O) groups is 1. The maximum absolute atomic E-state index is 13.1. The van der Waals surface area contributed by atoms with E-state index < -0.39 is 17.2 Å². The number of nitrogens with one attached hydrogen (secondary N) is 1. The highest BCUT2D eigenvalue weighted by molar-refractivity contribution is 5.93. The summed E-state index contributed by atoms with van der Waals surface area (Å²) in [4.78, 5) is 40.9. The molecule has 7 nitrogen and oxygen atoms in total. The number of aliphatic hydroxyl groups excluding tert-OH is 1. The molecule has 0 aliphatic rings. The van der Waals surface area contributed by atoms with Crippen LogP contribution in [0.15, 0.2) is 46.1 Å². The molecule has 1 amide bonds. The first-order valence-electron chi connectivity index (χ1n) is 9.09. The van der Waals surface area contributed by atoms with Gasteiger partial charge in [0.1, 0.15) is 5.56 Å². The van der Waals surface area contributed by atoms with Crippen molar-refractivity contribution in [2.24, 2.45) is 0 Å². The number of hydrogen-bond acceptors (Lipinski definition) is 4. The molecule has 0 aliphatic carbocycles. The van der Waals surface area contributed by atoms with Crippen molar-refractivity contribution in [2.45, 2.75) is 39.2 Å². The van der Waals surface area contributed by atoms with E-state index in [1.165, 1.54) is 6.20 Å². The Labute approximate surface area is 158 Å². The molecule has 7 heteroatoms. The van der Waals surface area contributed by atoms with E-state index in [9.17, 15) is 14.4 Å². The van der Waals surface area contributed by atoms with Crippen LogP contribution in [0.5, 0.6) is 0 Å². The van der Waals surface area contributed by atoms with Gasteiger partial charge in [0.25, 0.3) is 11.5 Å². The Bertz CT molecular complexity index is 884. The van der Waals surface area contributed by atoms with E-state index in [0.29, 0.717) is 13.1 Å². The topological polar surface area (TPSA) is 95.4 Å². The van der Waals surface area contributed by atoms with Crippen LogP contribution in [0.1, 0.15) is 43.1 Å². The molecule has 0 unspecified atom stereocenters. The summed E-state index contributed by atoms with van der Waals surface area (Å²) in [5, 5.41) is 9.07. The van der Waals surface area contributed by atoms with Crippen molar-refractivity contribution < 1.29 is 9.90 Å². The minimum Gasteiger partial charge on any atom is -0.395 e. The smallest absolute Gasteiger partial charge is 0.328 e. The van der Waals surface area contributed by atoms with Crippen molar-refractivity contribution in [3.05, 3.63) is 68.5 Å². The van der Waals surface area contributed by atoms with Crippen LogP contribution in [0.4, 0.5) is 0 Å². The Morgan fingerprint density at radius 2 is 1.89 bits per heavy atom. The first-order valence-corrected chi connectivity index (χ1v) is 9.09. The Balaban J connectivity index is 2.36. The van der Waals surface area contributed by atoms with Crippen LogP contribution < -0.4 is 11.2 Å². The van der Waals surface area contributed by atoms with Crippen molar-refractivity contribution in [3.8, 4) is 0 Å². The Morgan fingerprint density at radius 1 is 1.22 bits per heavy atom. The molecule has 0 aliphatic heterocycles. The molecule has 1 aromatic carbocycles. The highest BCUT2D eigenvalue weighted by Gasteiger charge is 2.28. The largest absolute Gasteiger partial charge is 0.395 e. The van der Waals surface area contributed by atoms with Crippen LogP contribution in [-0.4, -0.2) is 45.2 Å². The molecule has 1 heterocycles. The maximum Gasteiger partial charge on any atom is 0.328 e. The van der Waals surface area contributed by atoms with Gasteiger partial charge in [0, 0.05) is 24.7 Å². The molecule has 1 aromatic heterocycles. The Hall–Kier alpha value is -2.67. The zero-order valence-electron chi connectivity index (χ0n) is 16.1. The molecule has 0 fully saturated rings. The molecule has 0 atom stereocenters. The van der Waals surface area contributed by atoms with Gasteiger partial charge in [-0.05, 0) is 12.0 Å². The van der Waals surface area contributed by atoms with E-state index >= 15 is 0 Å². The Morgan fingerprint density at radius 3 is 2.48 bits per heavy atom. The molecule has 0 spiro atoms. The second-order valence-electron chi connectivity index (χ2n) is 7.20. The molecule has 0 saturated carbocycles. The van der Waals surface area contributed by atoms with Crippen LogP contribution in [0, 0.1) is 0 Å². The third-order valence-corrected chi connectivity index (χ3v) is 4.50. The number of aromatic amines is 1. The quantitative estimate of drug-likeness (QED) is 0.730. The summed E-state index contributed by atoms with van der Waals surface area (Å²) >= 11 is 0. The van der Waals surface area contributed by atoms with Gasteiger partial charge in [0.05, 0.1) is 13.2 Å². The molecule has 27 heavy (non-hydrogen) atoms. The molecule has 0 bridgehead atoms. The van der Waals surface area contributed by atoms with Crippen LogP contribution in [0.2, 0.25) is 0 Å². The monoisotopic (exact) mass is 373 g/mol. The third-order valence-electron chi connectivity index (χ3n) is 4.50. The number of amides is 1. The summed E-state index contributed by atoms with van der Waals surface area (Å²) in [6.07, 6.45) is 1.97. The predicted molar refractivity (Wildman–Crippen MR) is 104 cm³/mol. The van der Waals surface area contributed by atoms with Crippen molar-refractivity contribution in [1.82, 2.24) is 14.5 Å². The van der Waals surface area contributed by atoms with E-state index in [-0.39, 0.29) is 24.1 Å². The summed E-state index contributed by atoms with van der Waals surface area (Å²) in [5.41, 5.74) is -0.660. The molecule has 2 N–H and O–H groups in total. The number of aromatic nitrogens is 2. The van der Waals surface area contributed by atoms with Crippen LogP contribution >= 0.6 is 0 Å². The lowest BCUT2D eigenvalue weighted by molar-refractivity contribution is 0.0719. The standard InChI is InChI=1S/C20H27N3O4/c1-4-10-23(14-20(2,3)15-8-6-5-7-9-15)18(26)16-13-22(11-12-24)19(27)21-17(16)25/h5-9,13,24H,4,10-12,14H2,1-3H3,(H,21,25,27). The molecular weight excluding hydrogens is 346 g/mol. The number of benzene rings is 1. The van der Waals surface area contributed by atoms with Crippen molar-refractivity contribution in [1.29, 1.82) is 0 Å². The molecule has 146 valence electrons. The number of rotatable bonds is 8. The molecule has 2 aromatic rings. The zero-order chi connectivity index (χ0) is 20.0. The van der Waals surface area contributed by atoms with Crippen LogP contribution in [-0.2, 0) is 12.0 Å². The minimum atomic E-state index is -0.710. The number of aliphatic hydroxyl groups is 1. The molecular formula is C20H27N3O4. The Kier molecular flexibility index (Phi) is 6.74. The fraction of sp³-hybridized carbons (Fsp3) is 0.450. The lowest BCUT2D eigenvalue weighted by Crippen LogP contribution is -2.44. The first kappa shape index (κ1) is 20.6. The zero-order valence-corrected chi connectivity index (χ0v) is 16.1. The van der Waals surface area contributed by atoms with Crippen LogP contribution in [0.25, 0.3) is 0 Å². The minimum absolute atomic E-state index is 0.0131. The van der Waals surface area contributed by atoms with Gasteiger partial charge in [0.15, 0.2) is 0 Å². The van der Waals surface area contributed by atoms with Crippen molar-refractivity contribution in [2.75, 3.05) is 19.7 Å². The lowest BCUT2D eigenvalue weighted by atomic mass is 9.84. The summed E-state index contributed by atoms with van der Waals surface area (Å²) in [6, 6.07) is 9.89. The molecule has 0 radical (unpaired) electrons. The predicted octanol–water partition coefficient (Wildman–Crippen LogP) is 1.36. The van der Waals surface area contributed by atoms with E-state index in [1.54, 1.807) is 4.90 Å². The van der Waals surface area contributed by atoms with Gasteiger partial charge in [-0.2, -0.15) is 0 Å². The number of H-pyrrole nitrogens is 1. The highest BCUT2D eigenvalue weighted by Crippen LogP contribution is 2.24. The van der Waals surface area contributed by atoms with E-state index in [1.807, 2.05) is 37.3 Å².